The van der Waals surface area contributed by atoms with Gasteiger partial charge in [-0.05, 0) is 38.5 Å². The van der Waals surface area contributed by atoms with E-state index >= 15 is 0 Å². The predicted molar refractivity (Wildman–Crippen MR) is 122 cm³/mol. The zero-order chi connectivity index (χ0) is 22.8. The van der Waals surface area contributed by atoms with Crippen molar-refractivity contribution in [1.82, 2.24) is 0 Å². The molecule has 0 spiro atoms. The van der Waals surface area contributed by atoms with Gasteiger partial charge in [-0.3, -0.25) is 0 Å². The summed E-state index contributed by atoms with van der Waals surface area (Å²) in [6.45, 7) is 16.9. The minimum absolute atomic E-state index is 0.0621. The van der Waals surface area contributed by atoms with Crippen molar-refractivity contribution in [3.8, 4) is 0 Å². The van der Waals surface area contributed by atoms with Crippen molar-refractivity contribution in [3.63, 3.8) is 0 Å². The first-order valence-electron chi connectivity index (χ1n) is 11.6. The highest BCUT2D eigenvalue weighted by Crippen LogP contribution is 2.19. The molecule has 0 aliphatic rings. The van der Waals surface area contributed by atoms with Crippen LogP contribution in [0.5, 0.6) is 0 Å². The van der Waals surface area contributed by atoms with Crippen LogP contribution in [-0.2, 0) is 23.8 Å². The Morgan fingerprint density at radius 2 is 1.53 bits per heavy atom. The Hall–Kier alpha value is -1.62. The lowest BCUT2D eigenvalue weighted by molar-refractivity contribution is -0.143. The summed E-state index contributed by atoms with van der Waals surface area (Å²) in [5.41, 5.74) is 0.982. The maximum atomic E-state index is 12.0. The van der Waals surface area contributed by atoms with Crippen LogP contribution in [0.3, 0.4) is 0 Å². The van der Waals surface area contributed by atoms with Crippen molar-refractivity contribution in [2.75, 3.05) is 19.8 Å². The summed E-state index contributed by atoms with van der Waals surface area (Å²) in [7, 11) is 0. The molecule has 5 heteroatoms. The van der Waals surface area contributed by atoms with E-state index in [9.17, 15) is 9.59 Å². The van der Waals surface area contributed by atoms with Crippen molar-refractivity contribution in [1.29, 1.82) is 0 Å². The van der Waals surface area contributed by atoms with Gasteiger partial charge in [-0.15, -0.1) is 0 Å². The van der Waals surface area contributed by atoms with Gasteiger partial charge in [0.1, 0.15) is 6.61 Å². The molecular formula is C25H44O5. The highest BCUT2D eigenvalue weighted by Gasteiger charge is 2.14. The number of carbonyl (C=O) groups is 2. The number of carbonyl (C=O) groups excluding carboxylic acids is 2. The fourth-order valence-electron chi connectivity index (χ4n) is 3.06. The molecule has 0 aliphatic carbocycles. The maximum absolute atomic E-state index is 12.0. The molecule has 0 rings (SSSR count). The first-order chi connectivity index (χ1) is 14.3. The Balaban J connectivity index is 4.02. The number of esters is 2. The lowest BCUT2D eigenvalue weighted by Crippen LogP contribution is -2.23. The van der Waals surface area contributed by atoms with Crippen LogP contribution in [0.1, 0.15) is 91.9 Å². The quantitative estimate of drug-likeness (QED) is 0.141. The Bertz CT molecular complexity index is 512. The summed E-state index contributed by atoms with van der Waals surface area (Å²) < 4.78 is 16.3. The second kappa shape index (κ2) is 18.2. The molecule has 0 aromatic heterocycles. The topological polar surface area (TPSA) is 61.8 Å². The molecule has 0 N–H and O–H groups in total. The van der Waals surface area contributed by atoms with Gasteiger partial charge in [0.2, 0.25) is 0 Å². The zero-order valence-corrected chi connectivity index (χ0v) is 19.8. The number of rotatable bonds is 19. The van der Waals surface area contributed by atoms with Crippen molar-refractivity contribution in [2.45, 2.75) is 98.0 Å². The summed E-state index contributed by atoms with van der Waals surface area (Å²) >= 11 is 0. The van der Waals surface area contributed by atoms with Gasteiger partial charge < -0.3 is 14.2 Å². The van der Waals surface area contributed by atoms with Crippen LogP contribution in [0.4, 0.5) is 0 Å². The molecule has 2 atom stereocenters. The van der Waals surface area contributed by atoms with Crippen LogP contribution in [0.25, 0.3) is 0 Å². The van der Waals surface area contributed by atoms with Crippen LogP contribution in [0, 0.1) is 5.92 Å². The molecule has 0 saturated heterocycles. The Kier molecular flexibility index (Phi) is 17.2. The lowest BCUT2D eigenvalue weighted by Gasteiger charge is -2.18. The Labute approximate surface area is 184 Å². The van der Waals surface area contributed by atoms with Gasteiger partial charge >= 0.3 is 11.9 Å². The van der Waals surface area contributed by atoms with Gasteiger partial charge in [0, 0.05) is 17.8 Å². The Morgan fingerprint density at radius 1 is 0.833 bits per heavy atom. The highest BCUT2D eigenvalue weighted by molar-refractivity contribution is 5.87. The van der Waals surface area contributed by atoms with Gasteiger partial charge in [-0.2, -0.15) is 0 Å². The fourth-order valence-corrected chi connectivity index (χ4v) is 3.06. The van der Waals surface area contributed by atoms with Gasteiger partial charge in [0.05, 0.1) is 12.7 Å². The van der Waals surface area contributed by atoms with Gasteiger partial charge in [0.15, 0.2) is 0 Å². The second-order valence-electron chi connectivity index (χ2n) is 8.27. The molecule has 0 aromatic carbocycles. The molecule has 0 heterocycles. The molecule has 0 radical (unpaired) electrons. The largest absolute Gasteiger partial charge is 0.462 e. The van der Waals surface area contributed by atoms with Crippen LogP contribution in [0.2, 0.25) is 0 Å². The van der Waals surface area contributed by atoms with E-state index in [0.717, 1.165) is 57.8 Å². The third kappa shape index (κ3) is 15.3. The van der Waals surface area contributed by atoms with E-state index in [1.807, 2.05) is 0 Å². The van der Waals surface area contributed by atoms with Crippen molar-refractivity contribution >= 4 is 11.9 Å². The van der Waals surface area contributed by atoms with E-state index in [1.54, 1.807) is 6.92 Å². The summed E-state index contributed by atoms with van der Waals surface area (Å²) in [5.74, 6) is -0.208. The highest BCUT2D eigenvalue weighted by atomic mass is 16.6. The summed E-state index contributed by atoms with van der Waals surface area (Å²) in [4.78, 5) is 23.5. The van der Waals surface area contributed by atoms with Crippen molar-refractivity contribution < 1.29 is 23.8 Å². The summed E-state index contributed by atoms with van der Waals surface area (Å²) in [5, 5.41) is 0. The van der Waals surface area contributed by atoms with E-state index in [2.05, 4.69) is 33.9 Å². The van der Waals surface area contributed by atoms with Crippen molar-refractivity contribution in [3.05, 3.63) is 24.3 Å². The van der Waals surface area contributed by atoms with Crippen LogP contribution >= 0.6 is 0 Å². The molecule has 0 amide bonds. The molecule has 0 saturated carbocycles. The third-order valence-electron chi connectivity index (χ3n) is 4.89. The average molecular weight is 425 g/mol. The standard InChI is InChI=1S/C25H44O5/c1-7-9-13-17-29-25(27)22(6)18-21(5)14-11-10-12-15-23(28-16-8-2)19-30-24(26)20(3)4/h21,23H,3,6-19H2,1-2,4-5H3. The van der Waals surface area contributed by atoms with Crippen LogP contribution < -0.4 is 0 Å². The van der Waals surface area contributed by atoms with Gasteiger partial charge in [-0.25, -0.2) is 9.59 Å². The minimum Gasteiger partial charge on any atom is -0.462 e. The first kappa shape index (κ1) is 28.4. The van der Waals surface area contributed by atoms with Crippen molar-refractivity contribution in [2.24, 2.45) is 5.92 Å². The molecule has 0 aromatic rings. The molecule has 5 nitrogen and oxygen atoms in total. The van der Waals surface area contributed by atoms with E-state index in [-0.39, 0.29) is 24.6 Å². The maximum Gasteiger partial charge on any atom is 0.333 e. The molecule has 0 aliphatic heterocycles. The SMILES string of the molecule is C=C(C)C(=O)OCC(CCCCCC(C)CC(=C)C(=O)OCCCCC)OCCC. The van der Waals surface area contributed by atoms with E-state index < -0.39 is 0 Å². The Morgan fingerprint density at radius 3 is 2.17 bits per heavy atom. The summed E-state index contributed by atoms with van der Waals surface area (Å²) in [6.07, 6.45) is 9.78. The van der Waals surface area contributed by atoms with E-state index in [4.69, 9.17) is 14.2 Å². The summed E-state index contributed by atoms with van der Waals surface area (Å²) in [6, 6.07) is 0. The molecule has 174 valence electrons. The molecule has 0 bridgehead atoms. The number of hydrogen-bond donors (Lipinski definition) is 0. The molecule has 0 fully saturated rings. The fraction of sp³-hybridized carbons (Fsp3) is 0.760. The third-order valence-corrected chi connectivity index (χ3v) is 4.89. The van der Waals surface area contributed by atoms with Gasteiger partial charge in [0.25, 0.3) is 0 Å². The average Bonchev–Trinajstić information content (AvgIpc) is 2.71. The van der Waals surface area contributed by atoms with E-state index in [1.165, 1.54) is 0 Å². The smallest absolute Gasteiger partial charge is 0.333 e. The van der Waals surface area contributed by atoms with Gasteiger partial charge in [-0.1, -0.05) is 72.5 Å². The predicted octanol–water partition coefficient (Wildman–Crippen LogP) is 6.17. The normalized spacial score (nSPS) is 12.8. The zero-order valence-electron chi connectivity index (χ0n) is 19.8. The lowest BCUT2D eigenvalue weighted by atomic mass is 9.95. The molecule has 2 unspecified atom stereocenters. The molecular weight excluding hydrogens is 380 g/mol. The molecule has 30 heavy (non-hydrogen) atoms. The number of hydrogen-bond acceptors (Lipinski definition) is 5. The van der Waals surface area contributed by atoms with E-state index in [0.29, 0.717) is 36.7 Å². The number of ether oxygens (including phenoxy) is 3. The van der Waals surface area contributed by atoms with Crippen LogP contribution in [0.15, 0.2) is 24.3 Å². The monoisotopic (exact) mass is 424 g/mol. The van der Waals surface area contributed by atoms with Crippen LogP contribution in [-0.4, -0.2) is 37.9 Å². The second-order valence-corrected chi connectivity index (χ2v) is 8.27. The first-order valence-corrected chi connectivity index (χ1v) is 11.6. The minimum atomic E-state index is -0.363. The number of unbranched alkanes of at least 4 members (excludes halogenated alkanes) is 4.